The molecule has 0 radical (unpaired) electrons. The summed E-state index contributed by atoms with van der Waals surface area (Å²) < 4.78 is 4.35. The van der Waals surface area contributed by atoms with Gasteiger partial charge in [0.1, 0.15) is 0 Å². The fourth-order valence-electron chi connectivity index (χ4n) is 5.11. The first-order valence-corrected chi connectivity index (χ1v) is 17.3. The molecule has 2 aromatic rings. The number of nitrogens with zero attached hydrogens (tertiary/aromatic N) is 5. The Morgan fingerprint density at radius 3 is 0.911 bits per heavy atom. The Bertz CT molecular complexity index is 705. The van der Waals surface area contributed by atoms with Gasteiger partial charge in [-0.1, -0.05) is 155 Å². The number of hydrogen-bond donors (Lipinski definition) is 0. The van der Waals surface area contributed by atoms with Gasteiger partial charge in [-0.05, 0) is 12.8 Å². The summed E-state index contributed by atoms with van der Waals surface area (Å²) in [6, 6.07) is 0. The normalized spacial score (nSPS) is 9.82. The molecule has 270 valence electrons. The van der Waals surface area contributed by atoms with Gasteiger partial charge in [0, 0.05) is 37.9 Å². The average Bonchev–Trinajstić information content (AvgIpc) is 3.69. The molecule has 0 unspecified atom stereocenters. The molecule has 0 aliphatic rings. The molecule has 2 rings (SSSR count). The molecule has 10 nitrogen and oxygen atoms in total. The van der Waals surface area contributed by atoms with Crippen LogP contribution in [0.3, 0.4) is 0 Å². The second-order valence-corrected chi connectivity index (χ2v) is 11.6. The molecule has 0 amide bonds. The Balaban J connectivity index is -0.000000315. The summed E-state index contributed by atoms with van der Waals surface area (Å²) in [5.74, 6) is 0. The summed E-state index contributed by atoms with van der Waals surface area (Å²) in [4.78, 5) is 16.4. The fraction of sp³-hybridized carbons (Fsp3) is 0.824. The van der Waals surface area contributed by atoms with Gasteiger partial charge < -0.3 is 35.4 Å². The van der Waals surface area contributed by atoms with Crippen molar-refractivity contribution in [3.63, 3.8) is 0 Å². The Hall–Kier alpha value is -1.72. The van der Waals surface area contributed by atoms with Crippen molar-refractivity contribution in [2.45, 2.75) is 181 Å². The van der Waals surface area contributed by atoms with Gasteiger partial charge in [-0.15, -0.1) is 0 Å². The molecule has 0 fully saturated rings. The van der Waals surface area contributed by atoms with Gasteiger partial charge in [0.15, 0.2) is 0 Å². The molecule has 2 aromatic heterocycles. The minimum Gasteiger partial charge on any atom is -0.412 e. The van der Waals surface area contributed by atoms with Crippen molar-refractivity contribution >= 4 is 0 Å². The van der Waals surface area contributed by atoms with Crippen molar-refractivity contribution < 1.29 is 38.4 Å². The van der Waals surface area contributed by atoms with Crippen LogP contribution in [0.2, 0.25) is 0 Å². The molecule has 0 aliphatic heterocycles. The third-order valence-corrected chi connectivity index (χ3v) is 7.66. The predicted molar refractivity (Wildman–Crippen MR) is 184 cm³/mol. The second kappa shape index (κ2) is 42.3. The molecule has 0 aliphatic carbocycles. The van der Waals surface area contributed by atoms with Gasteiger partial charge in [0.2, 0.25) is 0 Å². The summed E-state index contributed by atoms with van der Waals surface area (Å²) in [5.41, 5.74) is 0. The molecule has 0 atom stereocenters. The fourth-order valence-corrected chi connectivity index (χ4v) is 5.11. The molecule has 0 aromatic carbocycles. The summed E-state index contributed by atoms with van der Waals surface area (Å²) >= 11 is 0. The third kappa shape index (κ3) is 42.3. The van der Waals surface area contributed by atoms with Crippen LogP contribution in [-0.4, -0.2) is 35.1 Å². The number of imidazole rings is 2. The quantitative estimate of drug-likeness (QED) is 0.0399. The Morgan fingerprint density at radius 1 is 0.489 bits per heavy atom. The maximum atomic E-state index is 8.25. The summed E-state index contributed by atoms with van der Waals surface area (Å²) in [6.45, 7) is 6.84. The third-order valence-electron chi connectivity index (χ3n) is 7.66. The van der Waals surface area contributed by atoms with E-state index >= 15 is 0 Å². The van der Waals surface area contributed by atoms with E-state index in [1.807, 2.05) is 25.0 Å². The molecule has 45 heavy (non-hydrogen) atoms. The molecule has 0 saturated heterocycles. The van der Waals surface area contributed by atoms with E-state index in [1.165, 1.54) is 154 Å². The molecular formula is C34H68AuN5O5. The van der Waals surface area contributed by atoms with Crippen molar-refractivity contribution in [2.75, 3.05) is 0 Å². The van der Waals surface area contributed by atoms with Crippen LogP contribution < -0.4 is 0 Å². The number of hydrogen-bond acceptors (Lipinski definition) is 5. The topological polar surface area (TPSA) is 165 Å². The number of aryl methyl sites for hydroxylation is 2. The maximum absolute atomic E-state index is 8.25. The monoisotopic (exact) mass is 823 g/mol. The summed E-state index contributed by atoms with van der Waals surface area (Å²) in [7, 11) is 0. The van der Waals surface area contributed by atoms with Gasteiger partial charge in [0.05, 0.1) is 17.7 Å². The number of rotatable bonds is 26. The number of unbranched alkanes of at least 4 members (excludes halogenated alkanes) is 22. The van der Waals surface area contributed by atoms with E-state index in [2.05, 4.69) is 45.3 Å². The molecular weight excluding hydrogens is 755 g/mol. The van der Waals surface area contributed by atoms with Crippen LogP contribution in [0, 0.1) is 15.3 Å². The minimum atomic E-state index is -1.75. The zero-order valence-electron chi connectivity index (χ0n) is 28.6. The van der Waals surface area contributed by atoms with E-state index < -0.39 is 5.09 Å². The van der Waals surface area contributed by atoms with E-state index in [0.717, 1.165) is 13.1 Å². The largest absolute Gasteiger partial charge is 1.00 e. The van der Waals surface area contributed by atoms with Crippen LogP contribution >= 0.6 is 0 Å². The molecule has 0 saturated carbocycles. The number of aromatic nitrogens is 4. The van der Waals surface area contributed by atoms with E-state index in [9.17, 15) is 0 Å². The van der Waals surface area contributed by atoms with Crippen molar-refractivity contribution in [1.29, 1.82) is 0 Å². The van der Waals surface area contributed by atoms with Crippen molar-refractivity contribution in [2.24, 2.45) is 0 Å². The SMILES string of the molecule is CCCCCCCCCCCCCCn1ccnc1.CCCCCCCCCCCCCCn1ccnc1.O.O.O=[N+]([O-])[O-].[Au+]. The van der Waals surface area contributed by atoms with Crippen LogP contribution in [-0.2, 0) is 35.5 Å². The van der Waals surface area contributed by atoms with E-state index in [1.54, 1.807) is 0 Å². The van der Waals surface area contributed by atoms with E-state index in [4.69, 9.17) is 15.3 Å². The van der Waals surface area contributed by atoms with Gasteiger partial charge in [-0.3, -0.25) is 0 Å². The van der Waals surface area contributed by atoms with Gasteiger partial charge in [-0.25, -0.2) is 9.97 Å². The minimum absolute atomic E-state index is 0. The molecule has 11 heteroatoms. The van der Waals surface area contributed by atoms with Crippen LogP contribution in [0.1, 0.15) is 168 Å². The first-order chi connectivity index (χ1) is 20.6. The second-order valence-electron chi connectivity index (χ2n) is 11.6. The first kappa shape index (κ1) is 50.1. The summed E-state index contributed by atoms with van der Waals surface area (Å²) in [6.07, 6.45) is 45.7. The Labute approximate surface area is 290 Å². The van der Waals surface area contributed by atoms with Crippen LogP contribution in [0.15, 0.2) is 37.4 Å². The maximum Gasteiger partial charge on any atom is 1.00 e. The van der Waals surface area contributed by atoms with Gasteiger partial charge in [-0.2, -0.15) is 0 Å². The Kier molecular flexibility index (Phi) is 47.1. The van der Waals surface area contributed by atoms with Gasteiger partial charge >= 0.3 is 22.4 Å². The Morgan fingerprint density at radius 2 is 0.711 bits per heavy atom. The molecule has 0 spiro atoms. The molecule has 0 bridgehead atoms. The van der Waals surface area contributed by atoms with E-state index in [-0.39, 0.29) is 33.3 Å². The van der Waals surface area contributed by atoms with Crippen molar-refractivity contribution in [3.8, 4) is 0 Å². The zero-order chi connectivity index (χ0) is 30.8. The molecule has 4 N–H and O–H groups in total. The van der Waals surface area contributed by atoms with Crippen LogP contribution in [0.25, 0.3) is 0 Å². The van der Waals surface area contributed by atoms with Gasteiger partial charge in [0.25, 0.3) is 0 Å². The molecule has 2 heterocycles. The smallest absolute Gasteiger partial charge is 0.412 e. The first-order valence-electron chi connectivity index (χ1n) is 17.3. The summed E-state index contributed by atoms with van der Waals surface area (Å²) in [5, 5.41) is 14.8. The van der Waals surface area contributed by atoms with Crippen LogP contribution in [0.4, 0.5) is 0 Å². The standard InChI is InChI=1S/2C17H32N2.Au.NO3.2H2O/c2*1-2-3-4-5-6-7-8-9-10-11-12-13-15-19-16-14-18-17-19;;2-1(3)4;;/h2*14,16-17H,2-13,15H2,1H3;;;2*1H2/q;;+1;-1;;. The van der Waals surface area contributed by atoms with Crippen molar-refractivity contribution in [3.05, 3.63) is 52.8 Å². The van der Waals surface area contributed by atoms with Crippen LogP contribution in [0.5, 0.6) is 0 Å². The predicted octanol–water partition coefficient (Wildman–Crippen LogP) is 9.28. The average molecular weight is 824 g/mol. The van der Waals surface area contributed by atoms with Crippen molar-refractivity contribution in [1.82, 2.24) is 19.1 Å². The van der Waals surface area contributed by atoms with E-state index in [0.29, 0.717) is 0 Å². The zero-order valence-corrected chi connectivity index (χ0v) is 30.8.